The molecule has 108 valence electrons. The highest BCUT2D eigenvalue weighted by atomic mass is 16.1. The Kier molecular flexibility index (Phi) is 4.30. The summed E-state index contributed by atoms with van der Waals surface area (Å²) in [4.78, 5) is 15.1. The molecule has 0 bridgehead atoms. The molecule has 1 aromatic carbocycles. The van der Waals surface area contributed by atoms with Crippen LogP contribution >= 0.6 is 0 Å². The fourth-order valence-corrected chi connectivity index (χ4v) is 1.87. The fraction of sp³-hybridized carbons (Fsp3) is 0. The summed E-state index contributed by atoms with van der Waals surface area (Å²) in [5, 5.41) is 17.1. The third-order valence-corrected chi connectivity index (χ3v) is 2.99. The molecule has 0 aliphatic rings. The van der Waals surface area contributed by atoms with Gasteiger partial charge in [0.1, 0.15) is 11.6 Å². The smallest absolute Gasteiger partial charge is 0.259 e. The monoisotopic (exact) mass is 291 g/mol. The van der Waals surface area contributed by atoms with Crippen LogP contribution in [0.4, 0.5) is 5.69 Å². The molecule has 6 heteroatoms. The Balaban J connectivity index is 2.46. The van der Waals surface area contributed by atoms with Gasteiger partial charge in [-0.3, -0.25) is 15.2 Å². The molecular weight excluding hydrogens is 278 g/mol. The maximum absolute atomic E-state index is 11.1. The molecule has 0 fully saturated rings. The van der Waals surface area contributed by atoms with E-state index in [1.165, 1.54) is 6.08 Å². The Morgan fingerprint density at radius 2 is 2.14 bits per heavy atom. The van der Waals surface area contributed by atoms with Crippen LogP contribution in [0.3, 0.4) is 0 Å². The van der Waals surface area contributed by atoms with Crippen molar-refractivity contribution in [1.29, 1.82) is 10.7 Å². The van der Waals surface area contributed by atoms with Crippen LogP contribution in [-0.4, -0.2) is 16.6 Å². The SMILES string of the molecule is N#C/C(=C\c1ccc(N)c(C(=N)c2cccnc2)c1)C(N)=O. The lowest BCUT2D eigenvalue weighted by molar-refractivity contribution is -0.114. The Labute approximate surface area is 127 Å². The third-order valence-electron chi connectivity index (χ3n) is 2.99. The number of nitriles is 1. The molecule has 5 N–H and O–H groups in total. The van der Waals surface area contributed by atoms with Gasteiger partial charge in [0.05, 0.1) is 5.71 Å². The minimum atomic E-state index is -0.803. The number of nitrogen functional groups attached to an aromatic ring is 1. The number of anilines is 1. The van der Waals surface area contributed by atoms with Crippen molar-refractivity contribution in [1.82, 2.24) is 4.98 Å². The van der Waals surface area contributed by atoms with Crippen molar-refractivity contribution in [2.45, 2.75) is 0 Å². The second-order valence-electron chi connectivity index (χ2n) is 4.50. The summed E-state index contributed by atoms with van der Waals surface area (Å²) in [6.45, 7) is 0. The molecule has 0 atom stereocenters. The number of primary amides is 1. The third kappa shape index (κ3) is 3.16. The first kappa shape index (κ1) is 14.9. The molecule has 0 radical (unpaired) electrons. The molecule has 0 aliphatic carbocycles. The van der Waals surface area contributed by atoms with E-state index in [9.17, 15) is 4.79 Å². The van der Waals surface area contributed by atoms with E-state index in [4.69, 9.17) is 22.1 Å². The average molecular weight is 291 g/mol. The lowest BCUT2D eigenvalue weighted by atomic mass is 9.99. The molecule has 22 heavy (non-hydrogen) atoms. The van der Waals surface area contributed by atoms with Crippen molar-refractivity contribution in [3.63, 3.8) is 0 Å². The van der Waals surface area contributed by atoms with E-state index < -0.39 is 5.91 Å². The number of amides is 1. The molecule has 0 aliphatic heterocycles. The summed E-state index contributed by atoms with van der Waals surface area (Å²) in [7, 11) is 0. The van der Waals surface area contributed by atoms with Gasteiger partial charge in [0, 0.05) is 29.2 Å². The number of carbonyl (C=O) groups is 1. The quantitative estimate of drug-likeness (QED) is 0.341. The number of aromatic nitrogens is 1. The van der Waals surface area contributed by atoms with Gasteiger partial charge in [-0.05, 0) is 35.9 Å². The Morgan fingerprint density at radius 1 is 1.36 bits per heavy atom. The van der Waals surface area contributed by atoms with Crippen LogP contribution in [-0.2, 0) is 4.79 Å². The first-order valence-corrected chi connectivity index (χ1v) is 6.33. The van der Waals surface area contributed by atoms with Crippen LogP contribution in [0.15, 0.2) is 48.3 Å². The number of nitrogens with two attached hydrogens (primary N) is 2. The predicted octanol–water partition coefficient (Wildman–Crippen LogP) is 1.47. The van der Waals surface area contributed by atoms with Gasteiger partial charge < -0.3 is 11.5 Å². The zero-order valence-corrected chi connectivity index (χ0v) is 11.6. The maximum atomic E-state index is 11.1. The topological polar surface area (TPSA) is 130 Å². The van der Waals surface area contributed by atoms with Crippen LogP contribution in [0.25, 0.3) is 6.08 Å². The molecule has 0 saturated carbocycles. The van der Waals surface area contributed by atoms with Crippen molar-refractivity contribution in [2.24, 2.45) is 5.73 Å². The summed E-state index contributed by atoms with van der Waals surface area (Å²) >= 11 is 0. The first-order chi connectivity index (χ1) is 10.5. The predicted molar refractivity (Wildman–Crippen MR) is 83.8 cm³/mol. The van der Waals surface area contributed by atoms with Crippen molar-refractivity contribution < 1.29 is 4.79 Å². The first-order valence-electron chi connectivity index (χ1n) is 6.33. The van der Waals surface area contributed by atoms with Crippen LogP contribution < -0.4 is 11.5 Å². The minimum absolute atomic E-state index is 0.163. The number of nitrogens with zero attached hydrogens (tertiary/aromatic N) is 2. The minimum Gasteiger partial charge on any atom is -0.398 e. The highest BCUT2D eigenvalue weighted by molar-refractivity contribution is 6.14. The molecule has 0 saturated heterocycles. The van der Waals surface area contributed by atoms with Crippen LogP contribution in [0.1, 0.15) is 16.7 Å². The number of rotatable bonds is 4. The van der Waals surface area contributed by atoms with Gasteiger partial charge in [0.2, 0.25) is 0 Å². The normalized spacial score (nSPS) is 10.8. The molecule has 2 rings (SSSR count). The van der Waals surface area contributed by atoms with Gasteiger partial charge in [-0.25, -0.2) is 0 Å². The summed E-state index contributed by atoms with van der Waals surface area (Å²) in [5.74, 6) is -0.803. The molecule has 1 heterocycles. The van der Waals surface area contributed by atoms with E-state index in [-0.39, 0.29) is 11.3 Å². The van der Waals surface area contributed by atoms with Crippen molar-refractivity contribution in [2.75, 3.05) is 5.73 Å². The zero-order chi connectivity index (χ0) is 16.1. The van der Waals surface area contributed by atoms with Gasteiger partial charge in [-0.2, -0.15) is 5.26 Å². The summed E-state index contributed by atoms with van der Waals surface area (Å²) in [6.07, 6.45) is 4.54. The number of nitrogens with one attached hydrogen (secondary N) is 1. The number of benzene rings is 1. The van der Waals surface area contributed by atoms with E-state index in [0.717, 1.165) is 0 Å². The largest absolute Gasteiger partial charge is 0.398 e. The van der Waals surface area contributed by atoms with Crippen molar-refractivity contribution in [3.8, 4) is 6.07 Å². The second-order valence-corrected chi connectivity index (χ2v) is 4.50. The van der Waals surface area contributed by atoms with E-state index in [1.807, 2.05) is 0 Å². The van der Waals surface area contributed by atoms with Gasteiger partial charge in [-0.1, -0.05) is 6.07 Å². The second kappa shape index (κ2) is 6.33. The zero-order valence-electron chi connectivity index (χ0n) is 11.6. The highest BCUT2D eigenvalue weighted by Crippen LogP contribution is 2.19. The van der Waals surface area contributed by atoms with Crippen molar-refractivity contribution in [3.05, 3.63) is 65.0 Å². The van der Waals surface area contributed by atoms with E-state index >= 15 is 0 Å². The van der Waals surface area contributed by atoms with Gasteiger partial charge in [-0.15, -0.1) is 0 Å². The number of carbonyl (C=O) groups excluding carboxylic acids is 1. The molecule has 1 aromatic heterocycles. The fourth-order valence-electron chi connectivity index (χ4n) is 1.87. The number of hydrogen-bond donors (Lipinski definition) is 3. The lowest BCUT2D eigenvalue weighted by Crippen LogP contribution is -2.12. The van der Waals surface area contributed by atoms with Crippen LogP contribution in [0.5, 0.6) is 0 Å². The molecular formula is C16H13N5O. The molecule has 6 nitrogen and oxygen atoms in total. The average Bonchev–Trinajstić information content (AvgIpc) is 2.54. The number of pyridine rings is 1. The van der Waals surface area contributed by atoms with E-state index in [0.29, 0.717) is 22.4 Å². The molecule has 0 unspecified atom stereocenters. The molecule has 2 aromatic rings. The number of hydrogen-bond acceptors (Lipinski definition) is 5. The maximum Gasteiger partial charge on any atom is 0.259 e. The van der Waals surface area contributed by atoms with E-state index in [2.05, 4.69) is 4.98 Å². The lowest BCUT2D eigenvalue weighted by Gasteiger charge is -2.08. The Morgan fingerprint density at radius 3 is 2.73 bits per heavy atom. The summed E-state index contributed by atoms with van der Waals surface area (Å²) in [5.41, 5.74) is 13.2. The Hall–Kier alpha value is -3.46. The van der Waals surface area contributed by atoms with Crippen LogP contribution in [0, 0.1) is 16.7 Å². The van der Waals surface area contributed by atoms with Gasteiger partial charge >= 0.3 is 0 Å². The Bertz CT molecular complexity index is 803. The molecule has 1 amide bonds. The van der Waals surface area contributed by atoms with E-state index in [1.54, 1.807) is 48.8 Å². The summed E-state index contributed by atoms with van der Waals surface area (Å²) in [6, 6.07) is 10.1. The van der Waals surface area contributed by atoms with Crippen LogP contribution in [0.2, 0.25) is 0 Å². The summed E-state index contributed by atoms with van der Waals surface area (Å²) < 4.78 is 0. The highest BCUT2D eigenvalue weighted by Gasteiger charge is 2.10. The van der Waals surface area contributed by atoms with Gasteiger partial charge in [0.15, 0.2) is 0 Å². The van der Waals surface area contributed by atoms with Gasteiger partial charge in [0.25, 0.3) is 5.91 Å². The molecule has 0 spiro atoms. The standard InChI is InChI=1S/C16H13N5O/c17-8-12(16(20)22)6-10-3-4-14(18)13(7-10)15(19)11-2-1-5-21-9-11/h1-7,9,19H,18H2,(H2,20,22)/b12-6+,19-15?. The van der Waals surface area contributed by atoms with Crippen molar-refractivity contribution >= 4 is 23.4 Å².